The molecule has 0 unspecified atom stereocenters. The minimum absolute atomic E-state index is 0.136. The normalized spacial score (nSPS) is 23.2. The van der Waals surface area contributed by atoms with Gasteiger partial charge in [0, 0.05) is 12.1 Å². The minimum atomic E-state index is -3.79. The molecule has 1 fully saturated rings. The van der Waals surface area contributed by atoms with E-state index in [0.717, 1.165) is 4.31 Å². The van der Waals surface area contributed by atoms with Crippen LogP contribution in [0.2, 0.25) is 0 Å². The average Bonchev–Trinajstić information content (AvgIpc) is 1.94. The van der Waals surface area contributed by atoms with Crippen LogP contribution in [0, 0.1) is 0 Å². The molecule has 1 aliphatic heterocycles. The van der Waals surface area contributed by atoms with Crippen molar-refractivity contribution < 1.29 is 17.9 Å². The molecule has 0 bridgehead atoms. The monoisotopic (exact) mass is 264 g/mol. The lowest BCUT2D eigenvalue weighted by Gasteiger charge is -2.37. The van der Waals surface area contributed by atoms with E-state index >= 15 is 0 Å². The minimum Gasteiger partial charge on any atom is -0.443 e. The highest BCUT2D eigenvalue weighted by Gasteiger charge is 2.40. The van der Waals surface area contributed by atoms with Gasteiger partial charge < -0.3 is 4.74 Å². The first kappa shape index (κ1) is 14.2. The van der Waals surface area contributed by atoms with Crippen molar-refractivity contribution in [3.8, 4) is 0 Å². The van der Waals surface area contributed by atoms with Gasteiger partial charge in [0.2, 0.25) is 0 Å². The summed E-state index contributed by atoms with van der Waals surface area (Å²) in [5.74, 6) is 0. The highest BCUT2D eigenvalue weighted by atomic mass is 32.2. The maximum absolute atomic E-state index is 11.8. The van der Waals surface area contributed by atoms with Crippen LogP contribution in [-0.2, 0) is 14.9 Å². The largest absolute Gasteiger partial charge is 0.443 e. The van der Waals surface area contributed by atoms with Gasteiger partial charge in [-0.05, 0) is 41.0 Å². The molecule has 7 heteroatoms. The zero-order valence-electron chi connectivity index (χ0n) is 10.9. The van der Waals surface area contributed by atoms with Crippen molar-refractivity contribution >= 4 is 16.3 Å². The summed E-state index contributed by atoms with van der Waals surface area (Å²) in [5, 5.41) is 0. The Hall–Kier alpha value is -0.820. The predicted molar refractivity (Wildman–Crippen MR) is 63.7 cm³/mol. The van der Waals surface area contributed by atoms with Gasteiger partial charge in [0.05, 0.1) is 0 Å². The second-order valence-electron chi connectivity index (χ2n) is 5.79. The Morgan fingerprint density at radius 3 is 2.29 bits per heavy atom. The lowest BCUT2D eigenvalue weighted by atomic mass is 10.0. The number of nitrogens with one attached hydrogen (secondary N) is 1. The van der Waals surface area contributed by atoms with Crippen molar-refractivity contribution in [2.45, 2.75) is 52.2 Å². The van der Waals surface area contributed by atoms with Gasteiger partial charge in [-0.25, -0.2) is 4.79 Å². The van der Waals surface area contributed by atoms with E-state index in [-0.39, 0.29) is 6.54 Å². The Labute approximate surface area is 102 Å². The van der Waals surface area contributed by atoms with Crippen molar-refractivity contribution in [2.24, 2.45) is 0 Å². The number of amides is 1. The lowest BCUT2D eigenvalue weighted by Crippen LogP contribution is -2.59. The topological polar surface area (TPSA) is 75.7 Å². The summed E-state index contributed by atoms with van der Waals surface area (Å²) in [7, 11) is -3.79. The Morgan fingerprint density at radius 1 is 1.35 bits per heavy atom. The number of hydrogen-bond acceptors (Lipinski definition) is 4. The van der Waals surface area contributed by atoms with Gasteiger partial charge in [0.25, 0.3) is 0 Å². The summed E-state index contributed by atoms with van der Waals surface area (Å²) < 4.78 is 31.9. The SMILES string of the molecule is CC1(C)CCN(C(=O)OC(C)(C)C)S(=O)(=O)N1. The molecular weight excluding hydrogens is 244 g/mol. The van der Waals surface area contributed by atoms with E-state index in [0.29, 0.717) is 6.42 Å². The summed E-state index contributed by atoms with van der Waals surface area (Å²) in [5.41, 5.74) is -1.24. The summed E-state index contributed by atoms with van der Waals surface area (Å²) in [4.78, 5) is 11.7. The first-order valence-electron chi connectivity index (χ1n) is 5.48. The molecule has 0 saturated carbocycles. The molecule has 0 aliphatic carbocycles. The summed E-state index contributed by atoms with van der Waals surface area (Å²) in [6.45, 7) is 8.77. The molecule has 17 heavy (non-hydrogen) atoms. The van der Waals surface area contributed by atoms with Crippen molar-refractivity contribution in [3.63, 3.8) is 0 Å². The molecule has 0 aromatic rings. The Balaban J connectivity index is 2.84. The van der Waals surface area contributed by atoms with Crippen LogP contribution in [0.3, 0.4) is 0 Å². The third kappa shape index (κ3) is 3.85. The van der Waals surface area contributed by atoms with Crippen molar-refractivity contribution in [3.05, 3.63) is 0 Å². The summed E-state index contributed by atoms with van der Waals surface area (Å²) in [6, 6.07) is 0. The number of hydrogen-bond donors (Lipinski definition) is 1. The first-order valence-corrected chi connectivity index (χ1v) is 6.92. The first-order chi connectivity index (χ1) is 7.43. The van der Waals surface area contributed by atoms with Crippen LogP contribution in [0.1, 0.15) is 41.0 Å². The van der Waals surface area contributed by atoms with Crippen LogP contribution >= 0.6 is 0 Å². The molecule has 6 nitrogen and oxygen atoms in total. The Kier molecular flexibility index (Phi) is 3.46. The fourth-order valence-corrected chi connectivity index (χ4v) is 2.93. The molecule has 1 saturated heterocycles. The van der Waals surface area contributed by atoms with Crippen molar-refractivity contribution in [2.75, 3.05) is 6.54 Å². The van der Waals surface area contributed by atoms with Gasteiger partial charge in [-0.2, -0.15) is 17.4 Å². The molecule has 1 heterocycles. The third-order valence-electron chi connectivity index (χ3n) is 2.23. The van der Waals surface area contributed by atoms with Gasteiger partial charge in [-0.3, -0.25) is 0 Å². The van der Waals surface area contributed by atoms with E-state index in [1.807, 2.05) is 0 Å². The number of rotatable bonds is 0. The number of carbonyl (C=O) groups excluding carboxylic acids is 1. The zero-order valence-corrected chi connectivity index (χ0v) is 11.7. The van der Waals surface area contributed by atoms with Crippen molar-refractivity contribution in [1.29, 1.82) is 0 Å². The molecule has 0 radical (unpaired) electrons. The van der Waals surface area contributed by atoms with Crippen LogP contribution in [0.15, 0.2) is 0 Å². The molecular formula is C10H20N2O4S. The van der Waals surface area contributed by atoms with E-state index < -0.39 is 27.4 Å². The van der Waals surface area contributed by atoms with Gasteiger partial charge in [0.1, 0.15) is 5.60 Å². The maximum Gasteiger partial charge on any atom is 0.425 e. The van der Waals surface area contributed by atoms with Gasteiger partial charge in [0.15, 0.2) is 0 Å². The second-order valence-corrected chi connectivity index (χ2v) is 7.39. The molecule has 1 rings (SSSR count). The van der Waals surface area contributed by atoms with E-state index in [9.17, 15) is 13.2 Å². The highest BCUT2D eigenvalue weighted by molar-refractivity contribution is 7.87. The summed E-state index contributed by atoms with van der Waals surface area (Å²) in [6.07, 6.45) is -0.286. The predicted octanol–water partition coefficient (Wildman–Crippen LogP) is 1.24. The number of carbonyl (C=O) groups is 1. The van der Waals surface area contributed by atoms with E-state index in [2.05, 4.69) is 4.72 Å². The van der Waals surface area contributed by atoms with Crippen LogP contribution < -0.4 is 4.72 Å². The highest BCUT2D eigenvalue weighted by Crippen LogP contribution is 2.21. The zero-order chi connectivity index (χ0) is 13.5. The Bertz CT molecular complexity index is 409. The third-order valence-corrected chi connectivity index (χ3v) is 3.95. The number of nitrogens with zero attached hydrogens (tertiary/aromatic N) is 1. The van der Waals surface area contributed by atoms with Gasteiger partial charge >= 0.3 is 16.3 Å². The molecule has 0 aromatic heterocycles. The van der Waals surface area contributed by atoms with E-state index in [1.54, 1.807) is 34.6 Å². The maximum atomic E-state index is 11.8. The smallest absolute Gasteiger partial charge is 0.425 e. The molecule has 1 aliphatic rings. The fourth-order valence-electron chi connectivity index (χ4n) is 1.46. The van der Waals surface area contributed by atoms with E-state index in [1.165, 1.54) is 0 Å². The molecule has 0 atom stereocenters. The summed E-state index contributed by atoms with van der Waals surface area (Å²) >= 11 is 0. The molecule has 1 amide bonds. The average molecular weight is 264 g/mol. The molecule has 0 spiro atoms. The fraction of sp³-hybridized carbons (Fsp3) is 0.900. The Morgan fingerprint density at radius 2 is 1.88 bits per heavy atom. The number of ether oxygens (including phenoxy) is 1. The van der Waals surface area contributed by atoms with Gasteiger partial charge in [-0.15, -0.1) is 0 Å². The van der Waals surface area contributed by atoms with Crippen LogP contribution in [0.4, 0.5) is 4.79 Å². The van der Waals surface area contributed by atoms with Crippen LogP contribution in [0.5, 0.6) is 0 Å². The molecule has 100 valence electrons. The second kappa shape index (κ2) is 4.13. The quantitative estimate of drug-likeness (QED) is 0.714. The van der Waals surface area contributed by atoms with Crippen LogP contribution in [-0.4, -0.2) is 36.5 Å². The molecule has 0 aromatic carbocycles. The van der Waals surface area contributed by atoms with Gasteiger partial charge in [-0.1, -0.05) is 0 Å². The lowest BCUT2D eigenvalue weighted by molar-refractivity contribution is 0.0367. The van der Waals surface area contributed by atoms with Crippen molar-refractivity contribution in [1.82, 2.24) is 9.03 Å². The standard InChI is InChI=1S/C10H20N2O4S/c1-9(2,3)16-8(13)12-7-6-10(4,5)11-17(12,14)15/h11H,6-7H2,1-5H3. The molecule has 1 N–H and O–H groups in total. The van der Waals surface area contributed by atoms with E-state index in [4.69, 9.17) is 4.74 Å². The van der Waals surface area contributed by atoms with Crippen LogP contribution in [0.25, 0.3) is 0 Å².